The summed E-state index contributed by atoms with van der Waals surface area (Å²) in [7, 11) is 1.64. The van der Waals surface area contributed by atoms with Crippen molar-refractivity contribution in [2.24, 2.45) is 5.73 Å². The first-order valence-corrected chi connectivity index (χ1v) is 4.29. The summed E-state index contributed by atoms with van der Waals surface area (Å²) in [6.07, 6.45) is 0.747. The van der Waals surface area contributed by atoms with Crippen molar-refractivity contribution in [3.63, 3.8) is 0 Å². The van der Waals surface area contributed by atoms with E-state index in [4.69, 9.17) is 10.5 Å². The lowest BCUT2D eigenvalue weighted by Crippen LogP contribution is -2.08. The predicted molar refractivity (Wildman–Crippen MR) is 51.5 cm³/mol. The van der Waals surface area contributed by atoms with E-state index in [1.807, 2.05) is 6.07 Å². The summed E-state index contributed by atoms with van der Waals surface area (Å²) >= 11 is 0. The van der Waals surface area contributed by atoms with Gasteiger partial charge in [0.25, 0.3) is 0 Å². The van der Waals surface area contributed by atoms with E-state index in [1.165, 1.54) is 0 Å². The fourth-order valence-corrected chi connectivity index (χ4v) is 1.30. The van der Waals surface area contributed by atoms with Gasteiger partial charge in [-0.2, -0.15) is 0 Å². The minimum atomic E-state index is -0.0166. The van der Waals surface area contributed by atoms with Gasteiger partial charge < -0.3 is 15.6 Å². The summed E-state index contributed by atoms with van der Waals surface area (Å²) in [5, 5.41) is 9.24. The van der Waals surface area contributed by atoms with E-state index in [-0.39, 0.29) is 11.9 Å². The summed E-state index contributed by atoms with van der Waals surface area (Å²) in [6, 6.07) is 7.05. The average molecular weight is 181 g/mol. The SMILES string of the molecule is COC(CCN)c1cccc(O)c1. The van der Waals surface area contributed by atoms with Crippen LogP contribution in [0.4, 0.5) is 0 Å². The minimum absolute atomic E-state index is 0.0166. The summed E-state index contributed by atoms with van der Waals surface area (Å²) in [6.45, 7) is 0.578. The first kappa shape index (κ1) is 10.0. The lowest BCUT2D eigenvalue weighted by atomic mass is 10.1. The lowest BCUT2D eigenvalue weighted by molar-refractivity contribution is 0.0976. The Bertz CT molecular complexity index is 263. The van der Waals surface area contributed by atoms with Gasteiger partial charge in [-0.1, -0.05) is 12.1 Å². The maximum atomic E-state index is 9.24. The van der Waals surface area contributed by atoms with Crippen LogP contribution >= 0.6 is 0 Å². The molecular weight excluding hydrogens is 166 g/mol. The molecule has 0 amide bonds. The maximum absolute atomic E-state index is 9.24. The number of phenols is 1. The molecule has 0 heterocycles. The zero-order chi connectivity index (χ0) is 9.68. The zero-order valence-corrected chi connectivity index (χ0v) is 7.73. The minimum Gasteiger partial charge on any atom is -0.508 e. The van der Waals surface area contributed by atoms with Crippen molar-refractivity contribution in [3.8, 4) is 5.75 Å². The van der Waals surface area contributed by atoms with Crippen LogP contribution in [0.3, 0.4) is 0 Å². The van der Waals surface area contributed by atoms with Crippen LogP contribution in [0.1, 0.15) is 18.1 Å². The van der Waals surface area contributed by atoms with E-state index in [0.29, 0.717) is 6.54 Å². The Morgan fingerprint density at radius 3 is 2.85 bits per heavy atom. The molecule has 0 spiro atoms. The van der Waals surface area contributed by atoms with Crippen molar-refractivity contribution in [2.75, 3.05) is 13.7 Å². The first-order valence-electron chi connectivity index (χ1n) is 4.29. The van der Waals surface area contributed by atoms with E-state index < -0.39 is 0 Å². The Morgan fingerprint density at radius 2 is 2.31 bits per heavy atom. The second-order valence-electron chi connectivity index (χ2n) is 2.90. The fourth-order valence-electron chi connectivity index (χ4n) is 1.30. The second-order valence-corrected chi connectivity index (χ2v) is 2.90. The fraction of sp³-hybridized carbons (Fsp3) is 0.400. The highest BCUT2D eigenvalue weighted by atomic mass is 16.5. The van der Waals surface area contributed by atoms with Crippen molar-refractivity contribution in [1.82, 2.24) is 0 Å². The molecule has 0 fully saturated rings. The molecular formula is C10H15NO2. The zero-order valence-electron chi connectivity index (χ0n) is 7.73. The molecule has 0 aromatic heterocycles. The lowest BCUT2D eigenvalue weighted by Gasteiger charge is -2.14. The van der Waals surface area contributed by atoms with Crippen molar-refractivity contribution in [3.05, 3.63) is 29.8 Å². The van der Waals surface area contributed by atoms with Crippen LogP contribution in [0.2, 0.25) is 0 Å². The van der Waals surface area contributed by atoms with E-state index >= 15 is 0 Å². The van der Waals surface area contributed by atoms with Crippen molar-refractivity contribution in [1.29, 1.82) is 0 Å². The summed E-state index contributed by atoms with van der Waals surface area (Å²) < 4.78 is 5.24. The number of nitrogens with two attached hydrogens (primary N) is 1. The smallest absolute Gasteiger partial charge is 0.115 e. The number of benzene rings is 1. The molecule has 0 bridgehead atoms. The third-order valence-corrected chi connectivity index (χ3v) is 1.96. The van der Waals surface area contributed by atoms with Crippen LogP contribution in [0, 0.1) is 0 Å². The Kier molecular flexibility index (Phi) is 3.73. The number of rotatable bonds is 4. The number of phenolic OH excluding ortho intramolecular Hbond substituents is 1. The Balaban J connectivity index is 2.78. The highest BCUT2D eigenvalue weighted by Gasteiger charge is 2.08. The van der Waals surface area contributed by atoms with Gasteiger partial charge in [-0.3, -0.25) is 0 Å². The van der Waals surface area contributed by atoms with Gasteiger partial charge in [0.2, 0.25) is 0 Å². The number of methoxy groups -OCH3 is 1. The topological polar surface area (TPSA) is 55.5 Å². The molecule has 1 atom stereocenters. The van der Waals surface area contributed by atoms with Crippen molar-refractivity contribution in [2.45, 2.75) is 12.5 Å². The summed E-state index contributed by atoms with van der Waals surface area (Å²) in [5.74, 6) is 0.261. The van der Waals surface area contributed by atoms with Gasteiger partial charge in [-0.15, -0.1) is 0 Å². The largest absolute Gasteiger partial charge is 0.508 e. The van der Waals surface area contributed by atoms with Crippen LogP contribution in [0.25, 0.3) is 0 Å². The summed E-state index contributed by atoms with van der Waals surface area (Å²) in [4.78, 5) is 0. The number of ether oxygens (including phenoxy) is 1. The van der Waals surface area contributed by atoms with Gasteiger partial charge in [-0.05, 0) is 30.7 Å². The highest BCUT2D eigenvalue weighted by molar-refractivity contribution is 5.28. The normalized spacial score (nSPS) is 12.8. The third-order valence-electron chi connectivity index (χ3n) is 1.96. The van der Waals surface area contributed by atoms with Crippen molar-refractivity contribution < 1.29 is 9.84 Å². The van der Waals surface area contributed by atoms with Crippen molar-refractivity contribution >= 4 is 0 Å². The van der Waals surface area contributed by atoms with Gasteiger partial charge in [-0.25, -0.2) is 0 Å². The monoisotopic (exact) mass is 181 g/mol. The van der Waals surface area contributed by atoms with Gasteiger partial charge in [0.05, 0.1) is 6.10 Å². The molecule has 3 nitrogen and oxygen atoms in total. The molecule has 13 heavy (non-hydrogen) atoms. The number of aromatic hydroxyl groups is 1. The second kappa shape index (κ2) is 4.84. The predicted octanol–water partition coefficient (Wildman–Crippen LogP) is 1.43. The maximum Gasteiger partial charge on any atom is 0.115 e. The third kappa shape index (κ3) is 2.72. The standard InChI is InChI=1S/C10H15NO2/c1-13-10(5-6-11)8-3-2-4-9(12)7-8/h2-4,7,10,12H,5-6,11H2,1H3. The van der Waals surface area contributed by atoms with E-state index in [1.54, 1.807) is 25.3 Å². The van der Waals surface area contributed by atoms with E-state index in [0.717, 1.165) is 12.0 Å². The molecule has 3 N–H and O–H groups in total. The van der Waals surface area contributed by atoms with Gasteiger partial charge in [0, 0.05) is 7.11 Å². The van der Waals surface area contributed by atoms with E-state index in [2.05, 4.69) is 0 Å². The molecule has 0 saturated carbocycles. The molecule has 3 heteroatoms. The molecule has 0 aliphatic heterocycles. The van der Waals surface area contributed by atoms with Gasteiger partial charge in [0.15, 0.2) is 0 Å². The molecule has 0 saturated heterocycles. The van der Waals surface area contributed by atoms with Crippen LogP contribution in [0.5, 0.6) is 5.75 Å². The Labute approximate surface area is 78.1 Å². The Morgan fingerprint density at radius 1 is 1.54 bits per heavy atom. The van der Waals surface area contributed by atoms with Gasteiger partial charge >= 0.3 is 0 Å². The van der Waals surface area contributed by atoms with Crippen LogP contribution in [0.15, 0.2) is 24.3 Å². The Hall–Kier alpha value is -1.06. The molecule has 0 aliphatic carbocycles. The molecule has 1 aromatic rings. The number of hydrogen-bond acceptors (Lipinski definition) is 3. The van der Waals surface area contributed by atoms with Crippen LogP contribution in [-0.4, -0.2) is 18.8 Å². The summed E-state index contributed by atoms with van der Waals surface area (Å²) in [5.41, 5.74) is 6.40. The number of hydrogen-bond donors (Lipinski definition) is 2. The quantitative estimate of drug-likeness (QED) is 0.738. The molecule has 1 aromatic carbocycles. The van der Waals surface area contributed by atoms with E-state index in [9.17, 15) is 5.11 Å². The molecule has 1 rings (SSSR count). The highest BCUT2D eigenvalue weighted by Crippen LogP contribution is 2.22. The van der Waals surface area contributed by atoms with Gasteiger partial charge in [0.1, 0.15) is 5.75 Å². The first-order chi connectivity index (χ1) is 6.27. The molecule has 0 radical (unpaired) electrons. The van der Waals surface area contributed by atoms with Crippen LogP contribution < -0.4 is 5.73 Å². The molecule has 1 unspecified atom stereocenters. The van der Waals surface area contributed by atoms with Crippen LogP contribution in [-0.2, 0) is 4.74 Å². The molecule has 72 valence electrons. The molecule has 0 aliphatic rings. The average Bonchev–Trinajstić information content (AvgIpc) is 2.14.